The number of guanidine groups is 1. The van der Waals surface area contributed by atoms with Crippen molar-refractivity contribution < 1.29 is 29.3 Å². The van der Waals surface area contributed by atoms with E-state index >= 15 is 0 Å². The van der Waals surface area contributed by atoms with Crippen LogP contribution in [0, 0.1) is 0 Å². The third kappa shape index (κ3) is 5.83. The lowest BCUT2D eigenvalue weighted by molar-refractivity contribution is -0.157. The van der Waals surface area contributed by atoms with Crippen LogP contribution in [0.15, 0.2) is 53.5 Å². The number of fused-ring (bicyclic) bond motifs is 3. The maximum atomic E-state index is 12.6. The Morgan fingerprint density at radius 3 is 2.21 bits per heavy atom. The van der Waals surface area contributed by atoms with E-state index in [1.807, 2.05) is 48.5 Å². The molecule has 182 valence electrons. The van der Waals surface area contributed by atoms with E-state index in [4.69, 9.17) is 16.2 Å². The molecule has 3 atom stereocenters. The molecule has 1 aliphatic carbocycles. The van der Waals surface area contributed by atoms with Crippen molar-refractivity contribution >= 4 is 18.0 Å². The van der Waals surface area contributed by atoms with Gasteiger partial charge >= 0.3 is 12.1 Å². The van der Waals surface area contributed by atoms with Crippen molar-refractivity contribution in [1.82, 2.24) is 5.32 Å². The first-order valence-electron chi connectivity index (χ1n) is 10.9. The minimum Gasteiger partial charge on any atom is -0.467 e. The maximum Gasteiger partial charge on any atom is 0.407 e. The van der Waals surface area contributed by atoms with Crippen LogP contribution in [0.25, 0.3) is 11.1 Å². The number of aliphatic hydroxyl groups is 2. The van der Waals surface area contributed by atoms with Gasteiger partial charge in [0.2, 0.25) is 0 Å². The summed E-state index contributed by atoms with van der Waals surface area (Å²) in [6.07, 6.45) is -3.70. The number of hydrogen-bond donors (Lipinski definition) is 5. The molecule has 1 aliphatic rings. The van der Waals surface area contributed by atoms with E-state index in [0.717, 1.165) is 29.4 Å². The predicted molar refractivity (Wildman–Crippen MR) is 126 cm³/mol. The van der Waals surface area contributed by atoms with E-state index < -0.39 is 30.3 Å². The number of aliphatic hydroxyl groups excluding tert-OH is 2. The van der Waals surface area contributed by atoms with Gasteiger partial charge in [0, 0.05) is 12.5 Å². The molecular formula is C24H30N4O6. The molecule has 0 spiro atoms. The number of benzene rings is 2. The Hall–Kier alpha value is -3.63. The van der Waals surface area contributed by atoms with Gasteiger partial charge in [-0.2, -0.15) is 0 Å². The van der Waals surface area contributed by atoms with Crippen LogP contribution in [0.3, 0.4) is 0 Å². The van der Waals surface area contributed by atoms with Crippen LogP contribution in [-0.2, 0) is 14.3 Å². The van der Waals surface area contributed by atoms with Gasteiger partial charge in [-0.05, 0) is 35.1 Å². The zero-order valence-corrected chi connectivity index (χ0v) is 18.9. The van der Waals surface area contributed by atoms with Gasteiger partial charge in [-0.1, -0.05) is 48.5 Å². The quantitative estimate of drug-likeness (QED) is 0.147. The fraction of sp³-hybridized carbons (Fsp3) is 0.375. The number of methoxy groups -OCH3 is 1. The van der Waals surface area contributed by atoms with Gasteiger partial charge in [0.25, 0.3) is 0 Å². The molecule has 2 aromatic carbocycles. The van der Waals surface area contributed by atoms with Gasteiger partial charge in [0.15, 0.2) is 12.1 Å². The number of carbonyl (C=O) groups is 2. The highest BCUT2D eigenvalue weighted by atomic mass is 16.6. The molecule has 0 fully saturated rings. The molecule has 0 bridgehead atoms. The van der Waals surface area contributed by atoms with Crippen LogP contribution >= 0.6 is 0 Å². The molecule has 0 radical (unpaired) electrons. The van der Waals surface area contributed by atoms with Crippen LogP contribution in [0.2, 0.25) is 0 Å². The summed E-state index contributed by atoms with van der Waals surface area (Å²) < 4.78 is 9.98. The van der Waals surface area contributed by atoms with E-state index in [-0.39, 0.29) is 31.4 Å². The first-order valence-corrected chi connectivity index (χ1v) is 10.9. The van der Waals surface area contributed by atoms with Crippen LogP contribution in [0.4, 0.5) is 4.79 Å². The zero-order chi connectivity index (χ0) is 24.7. The van der Waals surface area contributed by atoms with Gasteiger partial charge in [0.05, 0.1) is 13.2 Å². The van der Waals surface area contributed by atoms with E-state index in [9.17, 15) is 19.8 Å². The summed E-state index contributed by atoms with van der Waals surface area (Å²) in [5.74, 6) is -1.24. The minimum atomic E-state index is -1.84. The number of hydrogen-bond acceptors (Lipinski definition) is 7. The Morgan fingerprint density at radius 1 is 1.06 bits per heavy atom. The molecule has 7 N–H and O–H groups in total. The predicted octanol–water partition coefficient (Wildman–Crippen LogP) is 0.842. The zero-order valence-electron chi connectivity index (χ0n) is 18.9. The lowest BCUT2D eigenvalue weighted by atomic mass is 9.98. The number of alkyl carbamates (subject to hydrolysis) is 1. The maximum absolute atomic E-state index is 12.6. The number of aliphatic imine (C=N–C) groups is 1. The second-order valence-corrected chi connectivity index (χ2v) is 7.98. The Balaban J connectivity index is 1.67. The SMILES string of the molecule is COC(=O)[C@@H](O)[C@@H](O)[C@H](CCCN=C(N)N)NC(=O)OCC1c2ccccc2-c2ccccc21. The molecule has 0 saturated carbocycles. The topological polar surface area (TPSA) is 169 Å². The second-order valence-electron chi connectivity index (χ2n) is 7.98. The summed E-state index contributed by atoms with van der Waals surface area (Å²) in [5, 5.41) is 23.1. The van der Waals surface area contributed by atoms with Gasteiger partial charge in [0.1, 0.15) is 12.7 Å². The Bertz CT molecular complexity index is 994. The molecule has 34 heavy (non-hydrogen) atoms. The second kappa shape index (κ2) is 11.5. The summed E-state index contributed by atoms with van der Waals surface area (Å²) in [7, 11) is 1.09. The van der Waals surface area contributed by atoms with Crippen molar-refractivity contribution in [3.05, 3.63) is 59.7 Å². The number of amides is 1. The van der Waals surface area contributed by atoms with Crippen molar-refractivity contribution in [2.24, 2.45) is 16.5 Å². The summed E-state index contributed by atoms with van der Waals surface area (Å²) in [6, 6.07) is 14.9. The molecule has 3 rings (SSSR count). The molecule has 0 aromatic heterocycles. The smallest absolute Gasteiger partial charge is 0.407 e. The van der Waals surface area contributed by atoms with Gasteiger partial charge < -0.3 is 36.5 Å². The Kier molecular flexibility index (Phi) is 8.44. The lowest BCUT2D eigenvalue weighted by Gasteiger charge is -2.26. The molecule has 2 aromatic rings. The van der Waals surface area contributed by atoms with E-state index in [1.54, 1.807) is 0 Å². The highest BCUT2D eigenvalue weighted by molar-refractivity contribution is 5.79. The molecule has 0 aliphatic heterocycles. The molecule has 0 saturated heterocycles. The number of nitrogens with one attached hydrogen (secondary N) is 1. The number of esters is 1. The monoisotopic (exact) mass is 470 g/mol. The van der Waals surface area contributed by atoms with Crippen LogP contribution < -0.4 is 16.8 Å². The first-order chi connectivity index (χ1) is 16.3. The molecule has 1 amide bonds. The number of nitrogens with two attached hydrogens (primary N) is 2. The highest BCUT2D eigenvalue weighted by Crippen LogP contribution is 2.44. The van der Waals surface area contributed by atoms with Gasteiger partial charge in [-0.15, -0.1) is 0 Å². The lowest BCUT2D eigenvalue weighted by Crippen LogP contribution is -2.51. The first kappa shape index (κ1) is 25.0. The Labute approximate surface area is 197 Å². The van der Waals surface area contributed by atoms with E-state index in [2.05, 4.69) is 15.0 Å². The molecule has 10 nitrogen and oxygen atoms in total. The minimum absolute atomic E-state index is 0.0796. The number of rotatable bonds is 10. The molecule has 10 heteroatoms. The summed E-state index contributed by atoms with van der Waals surface area (Å²) in [6.45, 7) is 0.322. The van der Waals surface area contributed by atoms with E-state index in [0.29, 0.717) is 6.42 Å². The van der Waals surface area contributed by atoms with Crippen LogP contribution in [0.5, 0.6) is 0 Å². The average molecular weight is 471 g/mol. The number of carbonyl (C=O) groups excluding carboxylic acids is 2. The summed E-state index contributed by atoms with van der Waals surface area (Å²) in [4.78, 5) is 28.2. The summed E-state index contributed by atoms with van der Waals surface area (Å²) in [5.41, 5.74) is 14.9. The van der Waals surface area contributed by atoms with Crippen molar-refractivity contribution in [2.45, 2.75) is 37.0 Å². The number of ether oxygens (including phenoxy) is 2. The molecular weight excluding hydrogens is 440 g/mol. The van der Waals surface area contributed by atoms with Gasteiger partial charge in [-0.25, -0.2) is 9.59 Å². The van der Waals surface area contributed by atoms with Crippen LogP contribution in [-0.4, -0.2) is 66.7 Å². The fourth-order valence-corrected chi connectivity index (χ4v) is 4.12. The van der Waals surface area contributed by atoms with Crippen molar-refractivity contribution in [2.75, 3.05) is 20.3 Å². The largest absolute Gasteiger partial charge is 0.467 e. The van der Waals surface area contributed by atoms with Crippen molar-refractivity contribution in [1.29, 1.82) is 0 Å². The third-order valence-electron chi connectivity index (χ3n) is 5.79. The standard InChI is InChI=1S/C24H30N4O6/c1-33-22(31)21(30)20(29)19(11-6-12-27-23(25)26)28-24(32)34-13-18-16-9-4-2-7-14(16)15-8-3-5-10-17(15)18/h2-5,7-10,18-21,29-30H,6,11-13H2,1H3,(H,28,32)(H4,25,26,27)/t19-,20-,21-/m0/s1. The van der Waals surface area contributed by atoms with Crippen molar-refractivity contribution in [3.63, 3.8) is 0 Å². The fourth-order valence-electron chi connectivity index (χ4n) is 4.12. The summed E-state index contributed by atoms with van der Waals surface area (Å²) >= 11 is 0. The molecule has 0 unspecified atom stereocenters. The van der Waals surface area contributed by atoms with Crippen LogP contribution in [0.1, 0.15) is 29.9 Å². The van der Waals surface area contributed by atoms with Gasteiger partial charge in [-0.3, -0.25) is 4.99 Å². The van der Waals surface area contributed by atoms with E-state index in [1.165, 1.54) is 0 Å². The molecule has 0 heterocycles. The average Bonchev–Trinajstić information content (AvgIpc) is 3.16. The third-order valence-corrected chi connectivity index (χ3v) is 5.79. The Morgan fingerprint density at radius 2 is 1.65 bits per heavy atom. The van der Waals surface area contributed by atoms with Crippen molar-refractivity contribution in [3.8, 4) is 11.1 Å². The number of nitrogens with zero attached hydrogens (tertiary/aromatic N) is 1. The normalized spacial score (nSPS) is 14.8. The highest BCUT2D eigenvalue weighted by Gasteiger charge is 2.34.